The molecule has 0 aliphatic heterocycles. The summed E-state index contributed by atoms with van der Waals surface area (Å²) >= 11 is 5.97. The van der Waals surface area contributed by atoms with Crippen molar-refractivity contribution in [2.24, 2.45) is 0 Å². The minimum atomic E-state index is -0.726. The summed E-state index contributed by atoms with van der Waals surface area (Å²) in [7, 11) is 0. The van der Waals surface area contributed by atoms with Gasteiger partial charge in [0.1, 0.15) is 0 Å². The Morgan fingerprint density at radius 2 is 2.11 bits per heavy atom. The van der Waals surface area contributed by atoms with Gasteiger partial charge in [0, 0.05) is 34.6 Å². The highest BCUT2D eigenvalue weighted by Crippen LogP contribution is 2.23. The molecule has 0 aliphatic rings. The van der Waals surface area contributed by atoms with E-state index in [-0.39, 0.29) is 6.42 Å². The molecule has 1 aromatic heterocycles. The molecule has 0 spiro atoms. The largest absolute Gasteiger partial charge is 0.481 e. The molecule has 0 aliphatic carbocycles. The zero-order chi connectivity index (χ0) is 13.1. The van der Waals surface area contributed by atoms with Crippen molar-refractivity contribution >= 4 is 28.5 Å². The highest BCUT2D eigenvalue weighted by atomic mass is 35.5. The predicted molar refractivity (Wildman–Crippen MR) is 73.2 cm³/mol. The Hall–Kier alpha value is -1.48. The van der Waals surface area contributed by atoms with Crippen LogP contribution in [-0.4, -0.2) is 15.6 Å². The Morgan fingerprint density at radius 1 is 1.33 bits per heavy atom. The number of carboxylic acids is 1. The number of nitrogens with zero attached hydrogens (tertiary/aromatic N) is 1. The van der Waals surface area contributed by atoms with Gasteiger partial charge < -0.3 is 9.67 Å². The fraction of sp³-hybridized carbons (Fsp3) is 0.357. The van der Waals surface area contributed by atoms with Crippen LogP contribution in [0, 0.1) is 6.92 Å². The summed E-state index contributed by atoms with van der Waals surface area (Å²) in [4.78, 5) is 10.5. The first kappa shape index (κ1) is 13.0. The van der Waals surface area contributed by atoms with Crippen molar-refractivity contribution in [1.82, 2.24) is 4.57 Å². The molecule has 0 atom stereocenters. The maximum atomic E-state index is 10.5. The lowest BCUT2D eigenvalue weighted by molar-refractivity contribution is -0.137. The molecule has 2 rings (SSSR count). The highest BCUT2D eigenvalue weighted by Gasteiger charge is 2.06. The highest BCUT2D eigenvalue weighted by molar-refractivity contribution is 6.31. The van der Waals surface area contributed by atoms with Crippen LogP contribution in [0.15, 0.2) is 24.3 Å². The van der Waals surface area contributed by atoms with Crippen molar-refractivity contribution in [3.63, 3.8) is 0 Å². The molecule has 0 unspecified atom stereocenters. The van der Waals surface area contributed by atoms with E-state index < -0.39 is 5.97 Å². The lowest BCUT2D eigenvalue weighted by Crippen LogP contribution is -2.01. The van der Waals surface area contributed by atoms with E-state index >= 15 is 0 Å². The Labute approximate surface area is 111 Å². The summed E-state index contributed by atoms with van der Waals surface area (Å²) in [6.45, 7) is 2.91. The minimum Gasteiger partial charge on any atom is -0.481 e. The second kappa shape index (κ2) is 5.44. The van der Waals surface area contributed by atoms with Gasteiger partial charge >= 0.3 is 5.97 Å². The van der Waals surface area contributed by atoms with Crippen LogP contribution in [0.25, 0.3) is 10.9 Å². The number of aromatic nitrogens is 1. The summed E-state index contributed by atoms with van der Waals surface area (Å²) in [5, 5.41) is 10.5. The van der Waals surface area contributed by atoms with Gasteiger partial charge in [-0.3, -0.25) is 4.79 Å². The number of aliphatic carboxylic acids is 1. The monoisotopic (exact) mass is 265 g/mol. The quantitative estimate of drug-likeness (QED) is 0.834. The average molecular weight is 266 g/mol. The number of fused-ring (bicyclic) bond motifs is 1. The van der Waals surface area contributed by atoms with Gasteiger partial charge in [0.15, 0.2) is 0 Å². The van der Waals surface area contributed by atoms with Crippen LogP contribution < -0.4 is 0 Å². The van der Waals surface area contributed by atoms with Crippen LogP contribution in [0.2, 0.25) is 5.02 Å². The zero-order valence-electron chi connectivity index (χ0n) is 10.3. The standard InChI is InChI=1S/C14H16ClNO2/c1-10-8-11-9-12(15)5-6-13(11)16(10)7-3-2-4-14(17)18/h5-6,8-9H,2-4,7H2,1H3,(H,17,18). The van der Waals surface area contributed by atoms with Crippen molar-refractivity contribution in [2.45, 2.75) is 32.7 Å². The third-order valence-corrected chi connectivity index (χ3v) is 3.33. The number of carbonyl (C=O) groups is 1. The molecular weight excluding hydrogens is 250 g/mol. The molecule has 3 nitrogen and oxygen atoms in total. The van der Waals surface area contributed by atoms with Crippen LogP contribution in [0.1, 0.15) is 25.0 Å². The molecule has 0 bridgehead atoms. The van der Waals surface area contributed by atoms with Gasteiger partial charge in [0.25, 0.3) is 0 Å². The first-order valence-corrected chi connectivity index (χ1v) is 6.43. The molecule has 1 aromatic carbocycles. The van der Waals surface area contributed by atoms with Crippen molar-refractivity contribution in [3.05, 3.63) is 35.0 Å². The third-order valence-electron chi connectivity index (χ3n) is 3.09. The molecule has 0 fully saturated rings. The number of carboxylic acid groups (broad SMARTS) is 1. The maximum Gasteiger partial charge on any atom is 0.303 e. The molecule has 0 saturated heterocycles. The van der Waals surface area contributed by atoms with Gasteiger partial charge in [0.05, 0.1) is 0 Å². The fourth-order valence-electron chi connectivity index (χ4n) is 2.22. The lowest BCUT2D eigenvalue weighted by atomic mass is 10.2. The van der Waals surface area contributed by atoms with E-state index in [9.17, 15) is 4.79 Å². The van der Waals surface area contributed by atoms with E-state index in [2.05, 4.69) is 17.6 Å². The SMILES string of the molecule is Cc1cc2cc(Cl)ccc2n1CCCCC(=O)O. The summed E-state index contributed by atoms with van der Waals surface area (Å²) in [5.41, 5.74) is 2.34. The molecule has 18 heavy (non-hydrogen) atoms. The third kappa shape index (κ3) is 2.85. The summed E-state index contributed by atoms with van der Waals surface area (Å²) in [6, 6.07) is 7.97. The van der Waals surface area contributed by atoms with E-state index in [1.807, 2.05) is 18.2 Å². The first-order chi connectivity index (χ1) is 8.58. The zero-order valence-corrected chi connectivity index (χ0v) is 11.1. The number of hydrogen-bond donors (Lipinski definition) is 1. The van der Waals surface area contributed by atoms with Crippen molar-refractivity contribution in [1.29, 1.82) is 0 Å². The average Bonchev–Trinajstić information content (AvgIpc) is 2.59. The number of halogens is 1. The van der Waals surface area contributed by atoms with Gasteiger partial charge in [-0.05, 0) is 44.0 Å². The summed E-state index contributed by atoms with van der Waals surface area (Å²) in [6.07, 6.45) is 1.83. The molecule has 0 radical (unpaired) electrons. The van der Waals surface area contributed by atoms with Crippen molar-refractivity contribution in [2.75, 3.05) is 0 Å². The predicted octanol–water partition coefficient (Wildman–Crippen LogP) is 3.86. The number of unbranched alkanes of at least 4 members (excludes halogenated alkanes) is 1. The van der Waals surface area contributed by atoms with Gasteiger partial charge in [0.2, 0.25) is 0 Å². The molecule has 4 heteroatoms. The molecule has 1 N–H and O–H groups in total. The van der Waals surface area contributed by atoms with Gasteiger partial charge in [-0.15, -0.1) is 0 Å². The molecule has 0 saturated carbocycles. The Morgan fingerprint density at radius 3 is 2.83 bits per heavy atom. The van der Waals surface area contributed by atoms with E-state index in [0.29, 0.717) is 6.42 Å². The smallest absolute Gasteiger partial charge is 0.303 e. The first-order valence-electron chi connectivity index (χ1n) is 6.05. The Bertz CT molecular complexity index is 574. The van der Waals surface area contributed by atoms with Crippen molar-refractivity contribution in [3.8, 4) is 0 Å². The fourth-order valence-corrected chi connectivity index (χ4v) is 2.40. The molecule has 2 aromatic rings. The second-order valence-corrected chi connectivity index (χ2v) is 4.93. The number of aryl methyl sites for hydroxylation is 2. The number of rotatable bonds is 5. The van der Waals surface area contributed by atoms with Crippen LogP contribution >= 0.6 is 11.6 Å². The van der Waals surface area contributed by atoms with E-state index in [1.165, 1.54) is 5.69 Å². The van der Waals surface area contributed by atoms with Gasteiger partial charge in [-0.1, -0.05) is 11.6 Å². The topological polar surface area (TPSA) is 42.2 Å². The van der Waals surface area contributed by atoms with E-state index in [0.717, 1.165) is 28.9 Å². The van der Waals surface area contributed by atoms with E-state index in [4.69, 9.17) is 16.7 Å². The summed E-state index contributed by atoms with van der Waals surface area (Å²) in [5.74, 6) is -0.726. The van der Waals surface area contributed by atoms with Crippen LogP contribution in [0.5, 0.6) is 0 Å². The Kier molecular flexibility index (Phi) is 3.92. The molecule has 1 heterocycles. The maximum absolute atomic E-state index is 10.5. The van der Waals surface area contributed by atoms with Crippen LogP contribution in [0.3, 0.4) is 0 Å². The normalized spacial score (nSPS) is 11.0. The number of benzene rings is 1. The lowest BCUT2D eigenvalue weighted by Gasteiger charge is -2.07. The molecule has 96 valence electrons. The molecular formula is C14H16ClNO2. The molecule has 0 amide bonds. The number of hydrogen-bond acceptors (Lipinski definition) is 1. The summed E-state index contributed by atoms with van der Waals surface area (Å²) < 4.78 is 2.22. The van der Waals surface area contributed by atoms with Crippen LogP contribution in [0.4, 0.5) is 0 Å². The van der Waals surface area contributed by atoms with Gasteiger partial charge in [-0.2, -0.15) is 0 Å². The Balaban J connectivity index is 2.12. The van der Waals surface area contributed by atoms with E-state index in [1.54, 1.807) is 0 Å². The van der Waals surface area contributed by atoms with Crippen molar-refractivity contribution < 1.29 is 9.90 Å². The van der Waals surface area contributed by atoms with Gasteiger partial charge in [-0.25, -0.2) is 0 Å². The second-order valence-electron chi connectivity index (χ2n) is 4.49. The minimum absolute atomic E-state index is 0.240. The van der Waals surface area contributed by atoms with Crippen LogP contribution in [-0.2, 0) is 11.3 Å².